The lowest BCUT2D eigenvalue weighted by Crippen LogP contribution is -2.21. The summed E-state index contributed by atoms with van der Waals surface area (Å²) < 4.78 is 5.82. The Morgan fingerprint density at radius 1 is 1.17 bits per heavy atom. The van der Waals surface area contributed by atoms with E-state index < -0.39 is 0 Å². The Bertz CT molecular complexity index is 619. The highest BCUT2D eigenvalue weighted by atomic mass is 16.5. The van der Waals surface area contributed by atoms with Gasteiger partial charge in [-0.2, -0.15) is 0 Å². The molecule has 23 heavy (non-hydrogen) atoms. The van der Waals surface area contributed by atoms with Gasteiger partial charge < -0.3 is 15.2 Å². The summed E-state index contributed by atoms with van der Waals surface area (Å²) in [6, 6.07) is 2.28. The highest BCUT2D eigenvalue weighted by Crippen LogP contribution is 2.54. The van der Waals surface area contributed by atoms with Crippen LogP contribution < -0.4 is 10.1 Å². The lowest BCUT2D eigenvalue weighted by molar-refractivity contribution is 0.291. The summed E-state index contributed by atoms with van der Waals surface area (Å²) in [6.07, 6.45) is 6.16. The maximum Gasteiger partial charge on any atom is 0.126 e. The molecule has 0 radical (unpaired) electrons. The molecule has 1 unspecified atom stereocenters. The van der Waals surface area contributed by atoms with Crippen molar-refractivity contribution in [2.45, 2.75) is 51.9 Å². The number of hydrogen-bond acceptors (Lipinski definition) is 3. The Morgan fingerprint density at radius 2 is 1.96 bits per heavy atom. The van der Waals surface area contributed by atoms with Crippen molar-refractivity contribution in [3.8, 4) is 5.75 Å². The van der Waals surface area contributed by atoms with Crippen LogP contribution in [0.3, 0.4) is 0 Å². The standard InChI is InChI=1S/C20H29NO2/c1-13-12-14(2)20(23-3)19-17(8-9-21-10-11-22)15-6-4-5-7-16(15)18(13)19/h12,17,21-22H,4-11H2,1-3H3. The molecule has 0 spiro atoms. The second-order valence-electron chi connectivity index (χ2n) is 6.86. The molecule has 3 rings (SSSR count). The van der Waals surface area contributed by atoms with Crippen molar-refractivity contribution < 1.29 is 9.84 Å². The van der Waals surface area contributed by atoms with Crippen LogP contribution in [0.5, 0.6) is 5.75 Å². The van der Waals surface area contributed by atoms with Crippen LogP contribution in [-0.4, -0.2) is 31.9 Å². The van der Waals surface area contributed by atoms with Gasteiger partial charge >= 0.3 is 0 Å². The fourth-order valence-electron chi connectivity index (χ4n) is 4.55. The fraction of sp³-hybridized carbons (Fsp3) is 0.600. The molecule has 0 saturated carbocycles. The number of fused-ring (bicyclic) bond motifs is 2. The van der Waals surface area contributed by atoms with Crippen molar-refractivity contribution >= 4 is 5.57 Å². The first kappa shape index (κ1) is 16.5. The lowest BCUT2D eigenvalue weighted by atomic mass is 9.86. The second-order valence-corrected chi connectivity index (χ2v) is 6.86. The van der Waals surface area contributed by atoms with Crippen molar-refractivity contribution in [3.63, 3.8) is 0 Å². The highest BCUT2D eigenvalue weighted by molar-refractivity contribution is 5.83. The third-order valence-electron chi connectivity index (χ3n) is 5.38. The maximum absolute atomic E-state index is 8.97. The summed E-state index contributed by atoms with van der Waals surface area (Å²) in [5.74, 6) is 1.58. The summed E-state index contributed by atoms with van der Waals surface area (Å²) in [5.41, 5.74) is 8.82. The Labute approximate surface area is 139 Å². The van der Waals surface area contributed by atoms with Gasteiger partial charge in [0.2, 0.25) is 0 Å². The normalized spacial score (nSPS) is 19.7. The largest absolute Gasteiger partial charge is 0.496 e. The van der Waals surface area contributed by atoms with Crippen LogP contribution in [0.25, 0.3) is 5.57 Å². The predicted molar refractivity (Wildman–Crippen MR) is 95.2 cm³/mol. The van der Waals surface area contributed by atoms with Gasteiger partial charge in [0.25, 0.3) is 0 Å². The van der Waals surface area contributed by atoms with Crippen LogP contribution in [0.15, 0.2) is 11.6 Å². The SMILES string of the molecule is COc1c(C)cc(C)c2c1C(CCNCCO)C1=C2CCCC1. The molecule has 3 heteroatoms. The Morgan fingerprint density at radius 3 is 2.70 bits per heavy atom. The number of aliphatic hydroxyl groups excluding tert-OH is 1. The van der Waals surface area contributed by atoms with Crippen molar-refractivity contribution in [1.29, 1.82) is 0 Å². The van der Waals surface area contributed by atoms with Crippen molar-refractivity contribution in [1.82, 2.24) is 5.32 Å². The first-order chi connectivity index (χ1) is 11.2. The summed E-state index contributed by atoms with van der Waals surface area (Å²) in [4.78, 5) is 0. The van der Waals surface area contributed by atoms with Crippen molar-refractivity contribution in [2.75, 3.05) is 26.8 Å². The highest BCUT2D eigenvalue weighted by Gasteiger charge is 2.36. The predicted octanol–water partition coefficient (Wildman–Crippen LogP) is 3.71. The summed E-state index contributed by atoms with van der Waals surface area (Å²) >= 11 is 0. The molecule has 0 aromatic heterocycles. The zero-order chi connectivity index (χ0) is 16.4. The first-order valence-electron chi connectivity index (χ1n) is 8.91. The number of nitrogens with one attached hydrogen (secondary N) is 1. The molecule has 0 aliphatic heterocycles. The van der Waals surface area contributed by atoms with Crippen molar-refractivity contribution in [3.05, 3.63) is 33.9 Å². The first-order valence-corrected chi connectivity index (χ1v) is 8.91. The number of rotatable bonds is 6. The van der Waals surface area contributed by atoms with E-state index >= 15 is 0 Å². The number of benzene rings is 1. The molecule has 0 heterocycles. The smallest absolute Gasteiger partial charge is 0.126 e. The summed E-state index contributed by atoms with van der Waals surface area (Å²) in [5, 5.41) is 12.3. The molecule has 1 aromatic rings. The van der Waals surface area contributed by atoms with Gasteiger partial charge in [-0.15, -0.1) is 0 Å². The van der Waals surface area contributed by atoms with E-state index in [-0.39, 0.29) is 6.61 Å². The van der Waals surface area contributed by atoms with Gasteiger partial charge in [-0.1, -0.05) is 11.6 Å². The minimum atomic E-state index is 0.205. The molecule has 1 atom stereocenters. The number of allylic oxidation sites excluding steroid dienone is 2. The zero-order valence-corrected chi connectivity index (χ0v) is 14.7. The molecule has 2 aliphatic rings. The van der Waals surface area contributed by atoms with Crippen LogP contribution in [0.1, 0.15) is 60.3 Å². The van der Waals surface area contributed by atoms with Gasteiger partial charge in [-0.25, -0.2) is 0 Å². The van der Waals surface area contributed by atoms with Crippen LogP contribution in [0.4, 0.5) is 0 Å². The van der Waals surface area contributed by atoms with E-state index in [0.29, 0.717) is 12.5 Å². The molecule has 3 nitrogen and oxygen atoms in total. The number of aryl methyl sites for hydroxylation is 2. The van der Waals surface area contributed by atoms with Gasteiger partial charge in [0.1, 0.15) is 5.75 Å². The average molecular weight is 315 g/mol. The Kier molecular flexibility index (Phi) is 5.08. The molecule has 1 aromatic carbocycles. The second kappa shape index (κ2) is 7.06. The molecule has 0 fully saturated rings. The van der Waals surface area contributed by atoms with E-state index in [4.69, 9.17) is 9.84 Å². The maximum atomic E-state index is 8.97. The number of methoxy groups -OCH3 is 1. The Balaban J connectivity index is 2.01. The molecule has 0 amide bonds. The number of hydrogen-bond donors (Lipinski definition) is 2. The average Bonchev–Trinajstić information content (AvgIpc) is 2.87. The molecule has 2 aliphatic carbocycles. The molecule has 126 valence electrons. The molecule has 0 saturated heterocycles. The molecule has 2 N–H and O–H groups in total. The summed E-state index contributed by atoms with van der Waals surface area (Å²) in [7, 11) is 1.80. The van der Waals surface area contributed by atoms with Gasteiger partial charge in [-0.05, 0) is 74.8 Å². The molecular formula is C20H29NO2. The van der Waals surface area contributed by atoms with Crippen LogP contribution in [0, 0.1) is 13.8 Å². The zero-order valence-electron chi connectivity index (χ0n) is 14.7. The van der Waals surface area contributed by atoms with E-state index in [1.165, 1.54) is 47.9 Å². The lowest BCUT2D eigenvalue weighted by Gasteiger charge is -2.22. The molecular weight excluding hydrogens is 286 g/mol. The monoisotopic (exact) mass is 315 g/mol. The van der Waals surface area contributed by atoms with Crippen LogP contribution >= 0.6 is 0 Å². The topological polar surface area (TPSA) is 41.5 Å². The number of aliphatic hydroxyl groups is 1. The van der Waals surface area contributed by atoms with Gasteiger partial charge in [0, 0.05) is 18.0 Å². The van der Waals surface area contributed by atoms with Crippen molar-refractivity contribution in [2.24, 2.45) is 0 Å². The van der Waals surface area contributed by atoms with E-state index in [2.05, 4.69) is 25.2 Å². The summed E-state index contributed by atoms with van der Waals surface area (Å²) in [6.45, 7) is 6.23. The van der Waals surface area contributed by atoms with Gasteiger partial charge in [-0.3, -0.25) is 0 Å². The quantitative estimate of drug-likeness (QED) is 0.786. The minimum absolute atomic E-state index is 0.205. The third-order valence-corrected chi connectivity index (χ3v) is 5.38. The van der Waals surface area contributed by atoms with E-state index in [9.17, 15) is 0 Å². The minimum Gasteiger partial charge on any atom is -0.496 e. The van der Waals surface area contributed by atoms with E-state index in [1.54, 1.807) is 18.3 Å². The van der Waals surface area contributed by atoms with E-state index in [0.717, 1.165) is 18.7 Å². The molecule has 0 bridgehead atoms. The van der Waals surface area contributed by atoms with Crippen LogP contribution in [-0.2, 0) is 0 Å². The van der Waals surface area contributed by atoms with E-state index in [1.807, 2.05) is 0 Å². The number of ether oxygens (including phenoxy) is 1. The van der Waals surface area contributed by atoms with Gasteiger partial charge in [0.15, 0.2) is 0 Å². The Hall–Kier alpha value is -1.32. The fourth-order valence-corrected chi connectivity index (χ4v) is 4.55. The third kappa shape index (κ3) is 2.92. The van der Waals surface area contributed by atoms with Gasteiger partial charge in [0.05, 0.1) is 13.7 Å². The van der Waals surface area contributed by atoms with Crippen LogP contribution in [0.2, 0.25) is 0 Å².